The Balaban J connectivity index is 1.66. The van der Waals surface area contributed by atoms with E-state index in [0.717, 1.165) is 23.3 Å². The summed E-state index contributed by atoms with van der Waals surface area (Å²) in [4.78, 5) is 15.4. The molecule has 178 valence electrons. The second-order valence-electron chi connectivity index (χ2n) is 8.37. The number of aromatic hydroxyl groups is 1. The first-order chi connectivity index (χ1) is 17.0. The number of halogens is 2. The summed E-state index contributed by atoms with van der Waals surface area (Å²) in [7, 11) is 0. The summed E-state index contributed by atoms with van der Waals surface area (Å²) in [5.41, 5.74) is 3.66. The fourth-order valence-corrected chi connectivity index (χ4v) is 4.78. The van der Waals surface area contributed by atoms with Gasteiger partial charge in [0.15, 0.2) is 0 Å². The molecule has 1 unspecified atom stereocenters. The van der Waals surface area contributed by atoms with Crippen molar-refractivity contribution in [2.75, 3.05) is 6.61 Å². The maximum Gasteiger partial charge on any atom is 0.273 e. The van der Waals surface area contributed by atoms with E-state index in [4.69, 9.17) is 27.9 Å². The molecule has 5 rings (SSSR count). The molecule has 0 saturated carbocycles. The molecule has 0 saturated heterocycles. The predicted octanol–water partition coefficient (Wildman–Crippen LogP) is 6.62. The molecule has 0 aliphatic carbocycles. The molecule has 0 spiro atoms. The van der Waals surface area contributed by atoms with E-state index in [-0.39, 0.29) is 11.7 Å². The van der Waals surface area contributed by atoms with Gasteiger partial charge in [0.05, 0.1) is 12.6 Å². The maximum absolute atomic E-state index is 13.6. The molecule has 35 heavy (non-hydrogen) atoms. The first kappa shape index (κ1) is 23.3. The number of rotatable bonds is 7. The van der Waals surface area contributed by atoms with E-state index in [9.17, 15) is 9.90 Å². The van der Waals surface area contributed by atoms with E-state index in [2.05, 4.69) is 10.2 Å². The fraction of sp³-hybridized carbons (Fsp3) is 0.185. The molecule has 4 aromatic rings. The van der Waals surface area contributed by atoms with Crippen molar-refractivity contribution in [3.8, 4) is 22.8 Å². The summed E-state index contributed by atoms with van der Waals surface area (Å²) >= 11 is 12.7. The van der Waals surface area contributed by atoms with Crippen molar-refractivity contribution < 1.29 is 14.6 Å². The van der Waals surface area contributed by atoms with Crippen molar-refractivity contribution >= 4 is 29.1 Å². The van der Waals surface area contributed by atoms with Gasteiger partial charge in [0, 0.05) is 27.7 Å². The SMILES string of the molecule is CCCOc1cccc(C2c3c(-c4cc(Cl)ccc4O)n[nH]c3C(=O)N2Cc2ccccc2Cl)c1. The summed E-state index contributed by atoms with van der Waals surface area (Å²) < 4.78 is 5.87. The van der Waals surface area contributed by atoms with Crippen LogP contribution in [-0.2, 0) is 6.54 Å². The van der Waals surface area contributed by atoms with Gasteiger partial charge in [-0.15, -0.1) is 0 Å². The molecular formula is C27H23Cl2N3O3. The molecule has 6 nitrogen and oxygen atoms in total. The van der Waals surface area contributed by atoms with Crippen LogP contribution in [0.25, 0.3) is 11.3 Å². The van der Waals surface area contributed by atoms with Crippen LogP contribution in [0, 0.1) is 0 Å². The van der Waals surface area contributed by atoms with Gasteiger partial charge >= 0.3 is 0 Å². The number of aromatic nitrogens is 2. The highest BCUT2D eigenvalue weighted by Crippen LogP contribution is 2.46. The summed E-state index contributed by atoms with van der Waals surface area (Å²) in [6.07, 6.45) is 0.884. The third kappa shape index (κ3) is 4.35. The van der Waals surface area contributed by atoms with Crippen LogP contribution < -0.4 is 4.74 Å². The number of hydrogen-bond donors (Lipinski definition) is 2. The second-order valence-corrected chi connectivity index (χ2v) is 9.21. The van der Waals surface area contributed by atoms with Crippen LogP contribution in [0.4, 0.5) is 0 Å². The Labute approximate surface area is 213 Å². The Morgan fingerprint density at radius 2 is 1.91 bits per heavy atom. The molecular weight excluding hydrogens is 485 g/mol. The van der Waals surface area contributed by atoms with E-state index in [1.54, 1.807) is 17.0 Å². The average molecular weight is 508 g/mol. The number of phenols is 1. The van der Waals surface area contributed by atoms with Gasteiger partial charge in [0.25, 0.3) is 5.91 Å². The molecule has 1 aliphatic heterocycles. The zero-order valence-electron chi connectivity index (χ0n) is 19.0. The minimum absolute atomic E-state index is 0.0273. The van der Waals surface area contributed by atoms with Gasteiger partial charge in [-0.25, -0.2) is 0 Å². The van der Waals surface area contributed by atoms with Crippen LogP contribution in [0.5, 0.6) is 11.5 Å². The normalized spacial score (nSPS) is 14.9. The van der Waals surface area contributed by atoms with Crippen molar-refractivity contribution in [3.63, 3.8) is 0 Å². The van der Waals surface area contributed by atoms with Crippen LogP contribution in [0.2, 0.25) is 10.0 Å². The fourth-order valence-electron chi connectivity index (χ4n) is 4.41. The van der Waals surface area contributed by atoms with Crippen molar-refractivity contribution in [2.24, 2.45) is 0 Å². The minimum Gasteiger partial charge on any atom is -0.507 e. The van der Waals surface area contributed by atoms with Crippen molar-refractivity contribution in [2.45, 2.75) is 25.9 Å². The quantitative estimate of drug-likeness (QED) is 0.294. The summed E-state index contributed by atoms with van der Waals surface area (Å²) in [6, 6.07) is 19.5. The van der Waals surface area contributed by atoms with Crippen LogP contribution >= 0.6 is 23.2 Å². The monoisotopic (exact) mass is 507 g/mol. The van der Waals surface area contributed by atoms with Gasteiger partial charge < -0.3 is 14.7 Å². The number of hydrogen-bond acceptors (Lipinski definition) is 4. The lowest BCUT2D eigenvalue weighted by Crippen LogP contribution is -2.29. The number of nitrogens with zero attached hydrogens (tertiary/aromatic N) is 2. The Morgan fingerprint density at radius 1 is 1.09 bits per heavy atom. The average Bonchev–Trinajstić information content (AvgIpc) is 3.40. The third-order valence-electron chi connectivity index (χ3n) is 6.02. The number of ether oxygens (including phenoxy) is 1. The first-order valence-electron chi connectivity index (χ1n) is 11.3. The highest BCUT2D eigenvalue weighted by molar-refractivity contribution is 6.31. The highest BCUT2D eigenvalue weighted by Gasteiger charge is 2.42. The van der Waals surface area contributed by atoms with E-state index in [1.165, 1.54) is 6.07 Å². The molecule has 2 heterocycles. The molecule has 8 heteroatoms. The number of aromatic amines is 1. The van der Waals surface area contributed by atoms with Gasteiger partial charge in [0.1, 0.15) is 22.9 Å². The Hall–Kier alpha value is -3.48. The molecule has 0 bridgehead atoms. The van der Waals surface area contributed by atoms with Gasteiger partial charge in [-0.3, -0.25) is 9.89 Å². The van der Waals surface area contributed by atoms with Crippen molar-refractivity contribution in [1.82, 2.24) is 15.1 Å². The number of benzene rings is 3. The smallest absolute Gasteiger partial charge is 0.273 e. The van der Waals surface area contributed by atoms with Gasteiger partial charge in [-0.1, -0.05) is 60.5 Å². The van der Waals surface area contributed by atoms with Crippen LogP contribution in [0.3, 0.4) is 0 Å². The van der Waals surface area contributed by atoms with E-state index >= 15 is 0 Å². The maximum atomic E-state index is 13.6. The molecule has 1 atom stereocenters. The van der Waals surface area contributed by atoms with E-state index in [1.807, 2.05) is 55.5 Å². The summed E-state index contributed by atoms with van der Waals surface area (Å²) in [6.45, 7) is 2.94. The number of phenolic OH excluding ortho intramolecular Hbond substituents is 1. The van der Waals surface area contributed by atoms with Gasteiger partial charge in [0.2, 0.25) is 0 Å². The van der Waals surface area contributed by atoms with Crippen LogP contribution in [0.1, 0.15) is 46.6 Å². The number of nitrogens with one attached hydrogen (secondary N) is 1. The third-order valence-corrected chi connectivity index (χ3v) is 6.63. The first-order valence-corrected chi connectivity index (χ1v) is 12.1. The zero-order valence-corrected chi connectivity index (χ0v) is 20.5. The molecule has 2 N–H and O–H groups in total. The van der Waals surface area contributed by atoms with Crippen LogP contribution in [-0.4, -0.2) is 32.7 Å². The minimum atomic E-state index is -0.480. The molecule has 3 aromatic carbocycles. The molecule has 1 amide bonds. The van der Waals surface area contributed by atoms with Crippen molar-refractivity contribution in [1.29, 1.82) is 0 Å². The molecule has 1 aliphatic rings. The van der Waals surface area contributed by atoms with Gasteiger partial charge in [-0.05, 0) is 53.9 Å². The number of amides is 1. The lowest BCUT2D eigenvalue weighted by Gasteiger charge is -2.27. The largest absolute Gasteiger partial charge is 0.507 e. The standard InChI is InChI=1S/C27H23Cl2N3O3/c1-2-12-35-19-8-5-7-16(13-19)26-23-24(20-14-18(28)10-11-22(20)33)30-31-25(23)27(34)32(26)15-17-6-3-4-9-21(17)29/h3-11,13-14,26,33H,2,12,15H2,1H3,(H,30,31). The predicted molar refractivity (Wildman–Crippen MR) is 136 cm³/mol. The molecule has 0 radical (unpaired) electrons. The Kier molecular flexibility index (Phi) is 6.41. The number of H-pyrrole nitrogens is 1. The van der Waals surface area contributed by atoms with Crippen LogP contribution in [0.15, 0.2) is 66.7 Å². The van der Waals surface area contributed by atoms with E-state index < -0.39 is 6.04 Å². The Bertz CT molecular complexity index is 1400. The number of carbonyl (C=O) groups is 1. The number of fused-ring (bicyclic) bond motifs is 1. The van der Waals surface area contributed by atoms with Gasteiger partial charge in [-0.2, -0.15) is 5.10 Å². The molecule has 0 fully saturated rings. The second kappa shape index (κ2) is 9.64. The topological polar surface area (TPSA) is 78.5 Å². The summed E-state index contributed by atoms with van der Waals surface area (Å²) in [5.74, 6) is 0.545. The summed E-state index contributed by atoms with van der Waals surface area (Å²) in [5, 5.41) is 19.0. The molecule has 1 aromatic heterocycles. The Morgan fingerprint density at radius 3 is 2.71 bits per heavy atom. The zero-order chi connectivity index (χ0) is 24.5. The lowest BCUT2D eigenvalue weighted by atomic mass is 9.95. The highest BCUT2D eigenvalue weighted by atomic mass is 35.5. The number of carbonyl (C=O) groups excluding carboxylic acids is 1. The van der Waals surface area contributed by atoms with Crippen molar-refractivity contribution in [3.05, 3.63) is 99.2 Å². The lowest BCUT2D eigenvalue weighted by molar-refractivity contribution is 0.0730. The van der Waals surface area contributed by atoms with E-state index in [0.29, 0.717) is 45.7 Å².